The van der Waals surface area contributed by atoms with E-state index in [2.05, 4.69) is 11.9 Å². The van der Waals surface area contributed by atoms with Gasteiger partial charge in [-0.3, -0.25) is 9.59 Å². The molecule has 0 saturated carbocycles. The third-order valence-corrected chi connectivity index (χ3v) is 2.32. The number of rotatable bonds is 5. The van der Waals surface area contributed by atoms with Crippen molar-refractivity contribution in [1.82, 2.24) is 4.98 Å². The molecule has 0 aliphatic carbocycles. The number of halogens is 3. The predicted molar refractivity (Wildman–Crippen MR) is 66.3 cm³/mol. The third kappa shape index (κ3) is 4.23. The van der Waals surface area contributed by atoms with Crippen LogP contribution < -0.4 is 10.9 Å². The van der Waals surface area contributed by atoms with E-state index in [0.29, 0.717) is 12.3 Å². The molecule has 0 unspecified atom stereocenters. The number of pyridine rings is 1. The first kappa shape index (κ1) is 16.0. The number of nitrogens with one attached hydrogen (secondary N) is 2. The molecular formula is C12H13F3N2O3. The van der Waals surface area contributed by atoms with Gasteiger partial charge in [0, 0.05) is 6.20 Å². The van der Waals surface area contributed by atoms with E-state index in [1.54, 1.807) is 0 Å². The molecule has 0 spiro atoms. The van der Waals surface area contributed by atoms with E-state index < -0.39 is 35.0 Å². The summed E-state index contributed by atoms with van der Waals surface area (Å²) in [6.07, 6.45) is -3.59. The molecule has 2 N–H and O–H groups in total. The minimum atomic E-state index is -4.62. The molecule has 1 rings (SSSR count). The van der Waals surface area contributed by atoms with Crippen molar-refractivity contribution in [3.63, 3.8) is 0 Å². The minimum absolute atomic E-state index is 0.105. The molecule has 110 valence electrons. The van der Waals surface area contributed by atoms with Crippen LogP contribution in [0.1, 0.15) is 12.5 Å². The van der Waals surface area contributed by atoms with Crippen LogP contribution in [0.25, 0.3) is 0 Å². The maximum absolute atomic E-state index is 12.5. The van der Waals surface area contributed by atoms with Crippen LogP contribution in [0.3, 0.4) is 0 Å². The van der Waals surface area contributed by atoms with Crippen molar-refractivity contribution in [2.75, 3.05) is 11.9 Å². The van der Waals surface area contributed by atoms with Gasteiger partial charge in [0.05, 0.1) is 12.2 Å². The highest BCUT2D eigenvalue weighted by molar-refractivity contribution is 5.93. The lowest BCUT2D eigenvalue weighted by atomic mass is 10.2. The molecule has 1 aromatic heterocycles. The Kier molecular flexibility index (Phi) is 5.09. The second-order valence-corrected chi connectivity index (χ2v) is 3.88. The van der Waals surface area contributed by atoms with E-state index in [9.17, 15) is 22.8 Å². The van der Waals surface area contributed by atoms with Gasteiger partial charge in [0.15, 0.2) is 0 Å². The molecule has 1 atom stereocenters. The van der Waals surface area contributed by atoms with Crippen LogP contribution in [0.15, 0.2) is 29.7 Å². The summed E-state index contributed by atoms with van der Waals surface area (Å²) >= 11 is 0. The monoisotopic (exact) mass is 290 g/mol. The van der Waals surface area contributed by atoms with Crippen molar-refractivity contribution >= 4 is 11.6 Å². The highest BCUT2D eigenvalue weighted by atomic mass is 19.4. The Bertz CT molecular complexity index is 552. The summed E-state index contributed by atoms with van der Waals surface area (Å²) in [7, 11) is 0. The molecule has 0 bridgehead atoms. The quantitative estimate of drug-likeness (QED) is 0.814. The van der Waals surface area contributed by atoms with Gasteiger partial charge < -0.3 is 15.0 Å². The standard InChI is InChI=1S/C12H13F3N2O3/c1-3-4-20-7(2)10(18)17-9-5-8(12(13,14)15)6-16-11(9)19/h3,5-7H,1,4H2,2H3,(H,16,19)(H,17,18)/t7-/m1/s1. The Morgan fingerprint density at radius 1 is 1.60 bits per heavy atom. The van der Waals surface area contributed by atoms with E-state index in [4.69, 9.17) is 4.74 Å². The van der Waals surface area contributed by atoms with Gasteiger partial charge in [-0.1, -0.05) is 6.08 Å². The van der Waals surface area contributed by atoms with Crippen LogP contribution >= 0.6 is 0 Å². The molecular weight excluding hydrogens is 277 g/mol. The van der Waals surface area contributed by atoms with Crippen LogP contribution in [0.4, 0.5) is 18.9 Å². The van der Waals surface area contributed by atoms with Gasteiger partial charge in [-0.2, -0.15) is 13.2 Å². The first-order valence-corrected chi connectivity index (χ1v) is 5.59. The largest absolute Gasteiger partial charge is 0.417 e. The summed E-state index contributed by atoms with van der Waals surface area (Å²) in [5.41, 5.74) is -2.38. The van der Waals surface area contributed by atoms with Gasteiger partial charge in [0.2, 0.25) is 0 Å². The summed E-state index contributed by atoms with van der Waals surface area (Å²) in [6, 6.07) is 0.566. The second-order valence-electron chi connectivity index (χ2n) is 3.88. The summed E-state index contributed by atoms with van der Waals surface area (Å²) in [4.78, 5) is 24.9. The maximum Gasteiger partial charge on any atom is 0.417 e. The fourth-order valence-corrected chi connectivity index (χ4v) is 1.26. The van der Waals surface area contributed by atoms with Crippen molar-refractivity contribution in [3.05, 3.63) is 40.8 Å². The summed E-state index contributed by atoms with van der Waals surface area (Å²) in [6.45, 7) is 4.90. The lowest BCUT2D eigenvalue weighted by Gasteiger charge is -2.13. The van der Waals surface area contributed by atoms with Crippen molar-refractivity contribution in [2.24, 2.45) is 0 Å². The van der Waals surface area contributed by atoms with E-state index in [1.165, 1.54) is 13.0 Å². The fraction of sp³-hybridized carbons (Fsp3) is 0.333. The molecule has 5 nitrogen and oxygen atoms in total. The Morgan fingerprint density at radius 2 is 2.25 bits per heavy atom. The lowest BCUT2D eigenvalue weighted by Crippen LogP contribution is -2.30. The number of aromatic amines is 1. The Balaban J connectivity index is 2.89. The number of amides is 1. The van der Waals surface area contributed by atoms with E-state index in [-0.39, 0.29) is 6.61 Å². The number of ether oxygens (including phenoxy) is 1. The van der Waals surface area contributed by atoms with Gasteiger partial charge in [-0.25, -0.2) is 0 Å². The zero-order chi connectivity index (χ0) is 15.3. The Morgan fingerprint density at radius 3 is 2.80 bits per heavy atom. The van der Waals surface area contributed by atoms with E-state index in [1.807, 2.05) is 4.98 Å². The van der Waals surface area contributed by atoms with Gasteiger partial charge >= 0.3 is 6.18 Å². The molecule has 1 heterocycles. The van der Waals surface area contributed by atoms with Crippen molar-refractivity contribution in [1.29, 1.82) is 0 Å². The van der Waals surface area contributed by atoms with Gasteiger partial charge in [-0.05, 0) is 13.0 Å². The smallest absolute Gasteiger partial charge is 0.365 e. The van der Waals surface area contributed by atoms with Gasteiger partial charge in [0.1, 0.15) is 11.8 Å². The van der Waals surface area contributed by atoms with E-state index >= 15 is 0 Å². The molecule has 0 fully saturated rings. The fourth-order valence-electron chi connectivity index (χ4n) is 1.26. The van der Waals surface area contributed by atoms with Crippen LogP contribution in [0, 0.1) is 0 Å². The summed E-state index contributed by atoms with van der Waals surface area (Å²) in [5.74, 6) is -0.725. The van der Waals surface area contributed by atoms with Crippen molar-refractivity contribution < 1.29 is 22.7 Å². The summed E-state index contributed by atoms with van der Waals surface area (Å²) in [5, 5.41) is 2.09. The molecule has 1 amide bonds. The van der Waals surface area contributed by atoms with Crippen molar-refractivity contribution in [3.8, 4) is 0 Å². The summed E-state index contributed by atoms with van der Waals surface area (Å²) < 4.78 is 42.5. The third-order valence-electron chi connectivity index (χ3n) is 2.32. The molecule has 0 saturated heterocycles. The normalized spacial score (nSPS) is 12.8. The number of carbonyl (C=O) groups excluding carboxylic acids is 1. The molecule has 8 heteroatoms. The van der Waals surface area contributed by atoms with Crippen LogP contribution in [-0.4, -0.2) is 23.6 Å². The minimum Gasteiger partial charge on any atom is -0.365 e. The molecule has 0 aliphatic heterocycles. The number of hydrogen-bond donors (Lipinski definition) is 2. The van der Waals surface area contributed by atoms with Gasteiger partial charge in [0.25, 0.3) is 11.5 Å². The van der Waals surface area contributed by atoms with Crippen LogP contribution in [0.2, 0.25) is 0 Å². The first-order valence-electron chi connectivity index (χ1n) is 5.59. The Hall–Kier alpha value is -2.09. The average molecular weight is 290 g/mol. The lowest BCUT2D eigenvalue weighted by molar-refractivity contribution is -0.137. The number of H-pyrrole nitrogens is 1. The number of carbonyl (C=O) groups is 1. The maximum atomic E-state index is 12.5. The van der Waals surface area contributed by atoms with Crippen molar-refractivity contribution in [2.45, 2.75) is 19.2 Å². The topological polar surface area (TPSA) is 71.2 Å². The predicted octanol–water partition coefficient (Wildman–Crippen LogP) is 1.92. The second kappa shape index (κ2) is 6.38. The highest BCUT2D eigenvalue weighted by Crippen LogP contribution is 2.29. The molecule has 20 heavy (non-hydrogen) atoms. The van der Waals surface area contributed by atoms with Crippen LogP contribution in [0.5, 0.6) is 0 Å². The van der Waals surface area contributed by atoms with E-state index in [0.717, 1.165) is 0 Å². The SMILES string of the molecule is C=CCO[C@H](C)C(=O)Nc1cc(C(F)(F)F)c[nH]c1=O. The van der Waals surface area contributed by atoms with Gasteiger partial charge in [-0.15, -0.1) is 6.58 Å². The highest BCUT2D eigenvalue weighted by Gasteiger charge is 2.31. The van der Waals surface area contributed by atoms with Crippen LogP contribution in [-0.2, 0) is 15.7 Å². The average Bonchev–Trinajstić information content (AvgIpc) is 2.37. The molecule has 0 aromatic carbocycles. The zero-order valence-electron chi connectivity index (χ0n) is 10.6. The Labute approximate surface area is 112 Å². The number of aromatic nitrogens is 1. The number of hydrogen-bond acceptors (Lipinski definition) is 3. The molecule has 0 radical (unpaired) electrons. The molecule has 1 aromatic rings. The zero-order valence-corrected chi connectivity index (χ0v) is 10.6. The number of alkyl halides is 3. The number of anilines is 1. The first-order chi connectivity index (χ1) is 9.25. The molecule has 0 aliphatic rings.